The van der Waals surface area contributed by atoms with Crippen LogP contribution >= 0.6 is 0 Å². The molecule has 0 aliphatic heterocycles. The van der Waals surface area contributed by atoms with E-state index in [0.29, 0.717) is 5.52 Å². The van der Waals surface area contributed by atoms with E-state index in [0.717, 1.165) is 5.39 Å². The zero-order valence-electron chi connectivity index (χ0n) is 12.1. The Bertz CT molecular complexity index is 573. The molecular weight excluding hydrogens is 242 g/mol. The van der Waals surface area contributed by atoms with Crippen LogP contribution in [-0.2, 0) is 4.74 Å². The Balaban J connectivity index is 0.000000741. The third-order valence-corrected chi connectivity index (χ3v) is 2.16. The molecule has 2 rings (SSSR count). The third kappa shape index (κ3) is 4.25. The van der Waals surface area contributed by atoms with Gasteiger partial charge in [-0.25, -0.2) is 4.79 Å². The predicted octanol–water partition coefficient (Wildman–Crippen LogP) is 3.37. The average Bonchev–Trinajstić information content (AvgIpc) is 2.50. The Labute approximate surface area is 113 Å². The lowest BCUT2D eigenvalue weighted by atomic mass is 10.1. The van der Waals surface area contributed by atoms with Crippen LogP contribution in [0.5, 0.6) is 0 Å². The van der Waals surface area contributed by atoms with Crippen molar-refractivity contribution in [2.24, 2.45) is 0 Å². The van der Waals surface area contributed by atoms with Gasteiger partial charge in [-0.15, -0.1) is 0 Å². The number of aromatic nitrogens is 1. The van der Waals surface area contributed by atoms with Gasteiger partial charge in [0.1, 0.15) is 5.56 Å². The summed E-state index contributed by atoms with van der Waals surface area (Å²) in [4.78, 5) is 25.3. The number of carbonyl (C=O) groups excluding carboxylic acids is 1. The maximum absolute atomic E-state index is 11.5. The molecule has 0 spiro atoms. The molecule has 0 fully saturated rings. The Kier molecular flexibility index (Phi) is 7.93. The molecule has 0 saturated carbocycles. The number of esters is 1. The van der Waals surface area contributed by atoms with E-state index in [2.05, 4.69) is 9.72 Å². The van der Waals surface area contributed by atoms with Crippen molar-refractivity contribution >= 4 is 16.9 Å². The summed E-state index contributed by atoms with van der Waals surface area (Å²) in [6, 6.07) is 8.77. The van der Waals surface area contributed by atoms with Gasteiger partial charge >= 0.3 is 5.97 Å². The molecule has 4 heteroatoms. The van der Waals surface area contributed by atoms with Gasteiger partial charge in [-0.2, -0.15) is 0 Å². The van der Waals surface area contributed by atoms with Crippen molar-refractivity contribution < 1.29 is 9.53 Å². The monoisotopic (exact) mass is 263 g/mol. The Morgan fingerprint density at radius 1 is 1.11 bits per heavy atom. The first-order valence-corrected chi connectivity index (χ1v) is 6.43. The molecule has 0 saturated heterocycles. The summed E-state index contributed by atoms with van der Waals surface area (Å²) in [5, 5.41) is 0.803. The predicted molar refractivity (Wildman–Crippen MR) is 78.6 cm³/mol. The number of benzene rings is 1. The lowest BCUT2D eigenvalue weighted by Crippen LogP contribution is -2.18. The molecule has 4 nitrogen and oxygen atoms in total. The molecule has 1 aromatic carbocycles. The van der Waals surface area contributed by atoms with Gasteiger partial charge in [0.05, 0.1) is 7.11 Å². The van der Waals surface area contributed by atoms with Gasteiger partial charge in [-0.3, -0.25) is 4.79 Å². The maximum atomic E-state index is 11.5. The first-order valence-electron chi connectivity index (χ1n) is 6.43. The Morgan fingerprint density at radius 2 is 1.68 bits per heavy atom. The van der Waals surface area contributed by atoms with Crippen LogP contribution in [0.4, 0.5) is 0 Å². The van der Waals surface area contributed by atoms with Gasteiger partial charge in [0.2, 0.25) is 0 Å². The van der Waals surface area contributed by atoms with Crippen LogP contribution in [0, 0.1) is 0 Å². The molecule has 0 unspecified atom stereocenters. The van der Waals surface area contributed by atoms with Crippen molar-refractivity contribution in [3.63, 3.8) is 0 Å². The van der Waals surface area contributed by atoms with E-state index in [1.54, 1.807) is 6.07 Å². The minimum atomic E-state index is -0.623. The molecule has 0 amide bonds. The summed E-state index contributed by atoms with van der Waals surface area (Å²) < 4.78 is 4.51. The summed E-state index contributed by atoms with van der Waals surface area (Å²) in [5.74, 6) is -0.623. The van der Waals surface area contributed by atoms with Crippen molar-refractivity contribution in [2.75, 3.05) is 7.11 Å². The van der Waals surface area contributed by atoms with Crippen LogP contribution in [0.1, 0.15) is 38.1 Å². The summed E-state index contributed by atoms with van der Waals surface area (Å²) in [5.41, 5.74) is 0.298. The molecule has 2 aromatic rings. The molecule has 1 aromatic heterocycles. The molecule has 0 aliphatic rings. The van der Waals surface area contributed by atoms with Gasteiger partial charge in [-0.05, 0) is 17.5 Å². The highest BCUT2D eigenvalue weighted by atomic mass is 16.5. The van der Waals surface area contributed by atoms with Crippen molar-refractivity contribution in [1.29, 1.82) is 0 Å². The second kappa shape index (κ2) is 8.91. The number of ether oxygens (including phenoxy) is 1. The van der Waals surface area contributed by atoms with E-state index in [1.807, 2.05) is 45.9 Å². The summed E-state index contributed by atoms with van der Waals surface area (Å²) >= 11 is 0. The minimum Gasteiger partial charge on any atom is -0.465 e. The Hall–Kier alpha value is -2.10. The number of methoxy groups -OCH3 is 1. The fraction of sp³-hybridized carbons (Fsp3) is 0.333. The number of nitrogens with one attached hydrogen (secondary N) is 1. The normalized spacial score (nSPS) is 8.68. The first kappa shape index (κ1) is 16.9. The molecule has 104 valence electrons. The number of fused-ring (bicyclic) bond motifs is 1. The quantitative estimate of drug-likeness (QED) is 0.802. The fourth-order valence-electron chi connectivity index (χ4n) is 1.41. The zero-order chi connectivity index (χ0) is 14.8. The molecular formula is C15H21NO3. The first-order chi connectivity index (χ1) is 9.22. The molecule has 1 N–H and O–H groups in total. The van der Waals surface area contributed by atoms with Gasteiger partial charge in [0.15, 0.2) is 0 Å². The number of para-hydroxylation sites is 1. The van der Waals surface area contributed by atoms with Crippen LogP contribution in [0.15, 0.2) is 35.1 Å². The highest BCUT2D eigenvalue weighted by Crippen LogP contribution is 2.10. The zero-order valence-corrected chi connectivity index (χ0v) is 12.1. The summed E-state index contributed by atoms with van der Waals surface area (Å²) in [7, 11) is 1.25. The van der Waals surface area contributed by atoms with Gasteiger partial charge in [0.25, 0.3) is 5.56 Å². The van der Waals surface area contributed by atoms with E-state index < -0.39 is 11.5 Å². The van der Waals surface area contributed by atoms with Crippen LogP contribution in [0.2, 0.25) is 0 Å². The minimum absolute atomic E-state index is 0.0243. The summed E-state index contributed by atoms with van der Waals surface area (Å²) in [6.07, 6.45) is 0. The van der Waals surface area contributed by atoms with Gasteiger partial charge in [-0.1, -0.05) is 45.9 Å². The maximum Gasteiger partial charge on any atom is 0.343 e. The van der Waals surface area contributed by atoms with Gasteiger partial charge < -0.3 is 9.72 Å². The van der Waals surface area contributed by atoms with E-state index in [-0.39, 0.29) is 5.56 Å². The number of aromatic amines is 1. The summed E-state index contributed by atoms with van der Waals surface area (Å²) in [6.45, 7) is 8.00. The molecule has 0 radical (unpaired) electrons. The van der Waals surface area contributed by atoms with Crippen LogP contribution in [-0.4, -0.2) is 18.1 Å². The smallest absolute Gasteiger partial charge is 0.343 e. The second-order valence-corrected chi connectivity index (χ2v) is 3.09. The molecule has 0 atom stereocenters. The van der Waals surface area contributed by atoms with E-state index >= 15 is 0 Å². The number of hydrogen-bond acceptors (Lipinski definition) is 3. The largest absolute Gasteiger partial charge is 0.465 e. The standard InChI is InChI=1S/C11H9NO3.2C2H6/c1-15-11(14)8-6-7-4-2-3-5-9(7)12-10(8)13;2*1-2/h2-6H,1H3,(H,12,13);2*1-2H3. The topological polar surface area (TPSA) is 59.2 Å². The van der Waals surface area contributed by atoms with Crippen LogP contribution in [0.3, 0.4) is 0 Å². The average molecular weight is 263 g/mol. The van der Waals surface area contributed by atoms with Crippen molar-refractivity contribution in [2.45, 2.75) is 27.7 Å². The fourth-order valence-corrected chi connectivity index (χ4v) is 1.41. The second-order valence-electron chi connectivity index (χ2n) is 3.09. The Morgan fingerprint density at radius 3 is 2.26 bits per heavy atom. The number of rotatable bonds is 1. The van der Waals surface area contributed by atoms with Crippen LogP contribution < -0.4 is 5.56 Å². The lowest BCUT2D eigenvalue weighted by molar-refractivity contribution is 0.0599. The number of H-pyrrole nitrogens is 1. The highest BCUT2D eigenvalue weighted by Gasteiger charge is 2.11. The molecule has 0 bridgehead atoms. The van der Waals surface area contributed by atoms with Gasteiger partial charge in [0, 0.05) is 5.52 Å². The third-order valence-electron chi connectivity index (χ3n) is 2.16. The number of carbonyl (C=O) groups is 1. The SMILES string of the molecule is CC.CC.COC(=O)c1cc2ccccc2[nH]c1=O. The van der Waals surface area contributed by atoms with Crippen LogP contribution in [0.25, 0.3) is 10.9 Å². The molecule has 1 heterocycles. The van der Waals surface area contributed by atoms with E-state index in [1.165, 1.54) is 13.2 Å². The lowest BCUT2D eigenvalue weighted by Gasteiger charge is -2.00. The highest BCUT2D eigenvalue weighted by molar-refractivity contribution is 5.93. The van der Waals surface area contributed by atoms with E-state index in [9.17, 15) is 9.59 Å². The van der Waals surface area contributed by atoms with Crippen molar-refractivity contribution in [1.82, 2.24) is 4.98 Å². The number of hydrogen-bond donors (Lipinski definition) is 1. The number of pyridine rings is 1. The molecule has 0 aliphatic carbocycles. The molecule has 19 heavy (non-hydrogen) atoms. The van der Waals surface area contributed by atoms with Crippen molar-refractivity contribution in [3.8, 4) is 0 Å². The van der Waals surface area contributed by atoms with Crippen molar-refractivity contribution in [3.05, 3.63) is 46.2 Å². The van der Waals surface area contributed by atoms with E-state index in [4.69, 9.17) is 0 Å².